The first-order valence-electron chi connectivity index (χ1n) is 10.9. The van der Waals surface area contributed by atoms with E-state index in [1.165, 1.54) is 6.20 Å². The maximum atomic E-state index is 12.4. The highest BCUT2D eigenvalue weighted by molar-refractivity contribution is 7.17. The van der Waals surface area contributed by atoms with Crippen LogP contribution in [0.5, 0.6) is 0 Å². The number of fused-ring (bicyclic) bond motifs is 3. The highest BCUT2D eigenvalue weighted by atomic mass is 32.1. The summed E-state index contributed by atoms with van der Waals surface area (Å²) in [5.41, 5.74) is 4.50. The smallest absolute Gasteiger partial charge is 0.413 e. The number of nitrogens with one attached hydrogen (secondary N) is 2. The Morgan fingerprint density at radius 2 is 1.68 bits per heavy atom. The van der Waals surface area contributed by atoms with Gasteiger partial charge in [-0.2, -0.15) is 0 Å². The molecule has 8 nitrogen and oxygen atoms in total. The molecule has 3 N–H and O–H groups in total. The van der Waals surface area contributed by atoms with E-state index in [-0.39, 0.29) is 28.5 Å². The zero-order valence-electron chi connectivity index (χ0n) is 18.8. The van der Waals surface area contributed by atoms with Crippen LogP contribution in [-0.2, 0) is 9.53 Å². The highest BCUT2D eigenvalue weighted by Crippen LogP contribution is 2.44. The average Bonchev–Trinajstić information content (AvgIpc) is 3.39. The Hall–Kier alpha value is -3.72. The first-order valence-corrected chi connectivity index (χ1v) is 11.8. The van der Waals surface area contributed by atoms with Gasteiger partial charge < -0.3 is 15.2 Å². The first-order chi connectivity index (χ1) is 16.3. The number of carboxylic acid groups (broad SMARTS) is 1. The van der Waals surface area contributed by atoms with Crippen molar-refractivity contribution < 1.29 is 24.2 Å². The van der Waals surface area contributed by atoms with Gasteiger partial charge in [0.15, 0.2) is 5.13 Å². The lowest BCUT2D eigenvalue weighted by atomic mass is 9.98. The van der Waals surface area contributed by atoms with Gasteiger partial charge in [0.05, 0.1) is 6.20 Å². The minimum Gasteiger partial charge on any atom is -0.480 e. The second-order valence-corrected chi connectivity index (χ2v) is 9.50. The van der Waals surface area contributed by atoms with Gasteiger partial charge in [0.2, 0.25) is 0 Å². The minimum atomic E-state index is -1.09. The molecule has 0 saturated carbocycles. The zero-order chi connectivity index (χ0) is 24.2. The second kappa shape index (κ2) is 10.0. The Balaban J connectivity index is 1.36. The standard InChI is InChI=1S/C25H25N3O5S/c1-14(2)11-20(23(30)31)27-22(29)21-12-26-24(34-21)28-25(32)33-13-19-17-9-5-3-7-15(17)16-8-4-6-10-18(16)19/h3-10,12,14,19-20H,11,13H2,1-2H3,(H,27,29)(H,30,31)(H,26,28,32)/t20-/m1/s1. The molecule has 1 heterocycles. The van der Waals surface area contributed by atoms with Crippen molar-refractivity contribution in [2.24, 2.45) is 5.92 Å². The van der Waals surface area contributed by atoms with E-state index in [1.54, 1.807) is 0 Å². The largest absolute Gasteiger partial charge is 0.480 e. The number of hydrogen-bond acceptors (Lipinski definition) is 6. The van der Waals surface area contributed by atoms with Gasteiger partial charge in [-0.3, -0.25) is 10.1 Å². The van der Waals surface area contributed by atoms with Crippen LogP contribution in [0, 0.1) is 5.92 Å². The Bertz CT molecular complexity index is 1180. The number of nitrogens with zero attached hydrogens (tertiary/aromatic N) is 1. The molecule has 3 aromatic rings. The number of benzene rings is 2. The zero-order valence-corrected chi connectivity index (χ0v) is 19.6. The monoisotopic (exact) mass is 479 g/mol. The van der Waals surface area contributed by atoms with Gasteiger partial charge in [-0.05, 0) is 34.6 Å². The fourth-order valence-electron chi connectivity index (χ4n) is 4.08. The Kier molecular flexibility index (Phi) is 6.93. The van der Waals surface area contributed by atoms with E-state index in [9.17, 15) is 19.5 Å². The number of aromatic nitrogens is 1. The van der Waals surface area contributed by atoms with Crippen LogP contribution in [0.25, 0.3) is 11.1 Å². The first kappa shape index (κ1) is 23.4. The van der Waals surface area contributed by atoms with E-state index in [1.807, 2.05) is 50.2 Å². The third-order valence-electron chi connectivity index (χ3n) is 5.59. The van der Waals surface area contributed by atoms with Crippen molar-refractivity contribution in [1.82, 2.24) is 10.3 Å². The molecule has 1 aliphatic carbocycles. The van der Waals surface area contributed by atoms with Crippen LogP contribution in [0.2, 0.25) is 0 Å². The quantitative estimate of drug-likeness (QED) is 0.430. The number of thiazole rings is 1. The van der Waals surface area contributed by atoms with Crippen molar-refractivity contribution in [2.45, 2.75) is 32.2 Å². The molecule has 0 fully saturated rings. The summed E-state index contributed by atoms with van der Waals surface area (Å²) >= 11 is 0.949. The van der Waals surface area contributed by atoms with Crippen molar-refractivity contribution in [3.8, 4) is 11.1 Å². The minimum absolute atomic E-state index is 0.0651. The maximum Gasteiger partial charge on any atom is 0.413 e. The third kappa shape index (κ3) is 5.09. The summed E-state index contributed by atoms with van der Waals surface area (Å²) in [5.74, 6) is -1.60. The summed E-state index contributed by atoms with van der Waals surface area (Å²) in [4.78, 5) is 40.5. The van der Waals surface area contributed by atoms with Gasteiger partial charge in [-0.1, -0.05) is 73.7 Å². The number of aliphatic carboxylic acids is 1. The van der Waals surface area contributed by atoms with Crippen molar-refractivity contribution >= 4 is 34.4 Å². The molecule has 0 bridgehead atoms. The van der Waals surface area contributed by atoms with Gasteiger partial charge in [0.25, 0.3) is 5.91 Å². The van der Waals surface area contributed by atoms with Crippen molar-refractivity contribution in [2.75, 3.05) is 11.9 Å². The molecule has 0 unspecified atom stereocenters. The van der Waals surface area contributed by atoms with Crippen LogP contribution in [0.3, 0.4) is 0 Å². The molecule has 0 radical (unpaired) electrons. The molecule has 1 atom stereocenters. The Morgan fingerprint density at radius 3 is 2.26 bits per heavy atom. The number of hydrogen-bond donors (Lipinski definition) is 3. The normalized spacial score (nSPS) is 13.1. The van der Waals surface area contributed by atoms with Crippen molar-refractivity contribution in [1.29, 1.82) is 0 Å². The molecule has 2 amide bonds. The number of amides is 2. The lowest BCUT2D eigenvalue weighted by Gasteiger charge is -2.15. The number of carboxylic acids is 1. The number of ether oxygens (including phenoxy) is 1. The predicted molar refractivity (Wildman–Crippen MR) is 129 cm³/mol. The van der Waals surface area contributed by atoms with Gasteiger partial charge in [0.1, 0.15) is 17.5 Å². The lowest BCUT2D eigenvalue weighted by molar-refractivity contribution is -0.139. The molecule has 0 saturated heterocycles. The van der Waals surface area contributed by atoms with Crippen LogP contribution in [0.1, 0.15) is 47.0 Å². The van der Waals surface area contributed by atoms with E-state index in [0.717, 1.165) is 33.6 Å². The van der Waals surface area contributed by atoms with Gasteiger partial charge in [-0.15, -0.1) is 0 Å². The van der Waals surface area contributed by atoms with Crippen LogP contribution in [0.15, 0.2) is 54.7 Å². The van der Waals surface area contributed by atoms with Crippen molar-refractivity contribution in [3.63, 3.8) is 0 Å². The summed E-state index contributed by atoms with van der Waals surface area (Å²) < 4.78 is 5.49. The van der Waals surface area contributed by atoms with Crippen LogP contribution >= 0.6 is 11.3 Å². The summed E-state index contributed by atoms with van der Waals surface area (Å²) in [6.07, 6.45) is 0.935. The third-order valence-corrected chi connectivity index (χ3v) is 6.50. The van der Waals surface area contributed by atoms with Gasteiger partial charge in [-0.25, -0.2) is 14.6 Å². The Morgan fingerprint density at radius 1 is 1.06 bits per heavy atom. The average molecular weight is 480 g/mol. The fourth-order valence-corrected chi connectivity index (χ4v) is 4.79. The van der Waals surface area contributed by atoms with E-state index in [0.29, 0.717) is 6.42 Å². The maximum absolute atomic E-state index is 12.4. The molecule has 1 aliphatic rings. The van der Waals surface area contributed by atoms with Crippen LogP contribution in [0.4, 0.5) is 9.93 Å². The van der Waals surface area contributed by atoms with E-state index >= 15 is 0 Å². The molecule has 0 spiro atoms. The predicted octanol–water partition coefficient (Wildman–Crippen LogP) is 4.73. The molecular formula is C25H25N3O5S. The number of rotatable bonds is 8. The molecule has 1 aromatic heterocycles. The number of carbonyl (C=O) groups excluding carboxylic acids is 2. The summed E-state index contributed by atoms with van der Waals surface area (Å²) in [6.45, 7) is 3.92. The summed E-state index contributed by atoms with van der Waals surface area (Å²) in [7, 11) is 0. The molecule has 9 heteroatoms. The van der Waals surface area contributed by atoms with Crippen molar-refractivity contribution in [3.05, 3.63) is 70.7 Å². The van der Waals surface area contributed by atoms with E-state index < -0.39 is 24.0 Å². The second-order valence-electron chi connectivity index (χ2n) is 8.47. The molecule has 0 aliphatic heterocycles. The molecule has 4 rings (SSSR count). The molecule has 34 heavy (non-hydrogen) atoms. The van der Waals surface area contributed by atoms with Gasteiger partial charge >= 0.3 is 12.1 Å². The van der Waals surface area contributed by atoms with E-state index in [2.05, 4.69) is 27.8 Å². The van der Waals surface area contributed by atoms with E-state index in [4.69, 9.17) is 4.74 Å². The summed E-state index contributed by atoms with van der Waals surface area (Å²) in [5, 5.41) is 14.6. The number of anilines is 1. The molecular weight excluding hydrogens is 454 g/mol. The Labute approximate surface area is 201 Å². The van der Waals surface area contributed by atoms with Crippen LogP contribution in [-0.4, -0.2) is 40.7 Å². The molecule has 2 aromatic carbocycles. The fraction of sp³-hybridized carbons (Fsp3) is 0.280. The lowest BCUT2D eigenvalue weighted by Crippen LogP contribution is -2.41. The molecule has 176 valence electrons. The topological polar surface area (TPSA) is 118 Å². The number of carbonyl (C=O) groups is 3. The highest BCUT2D eigenvalue weighted by Gasteiger charge is 2.29. The SMILES string of the molecule is CC(C)C[C@@H](NC(=O)c1cnc(NC(=O)OCC2c3ccccc3-c3ccccc32)s1)C(=O)O. The van der Waals surface area contributed by atoms with Crippen LogP contribution < -0.4 is 10.6 Å². The van der Waals surface area contributed by atoms with Gasteiger partial charge in [0, 0.05) is 5.92 Å². The summed E-state index contributed by atoms with van der Waals surface area (Å²) in [6, 6.07) is 15.1.